The van der Waals surface area contributed by atoms with E-state index < -0.39 is 0 Å². The Morgan fingerprint density at radius 1 is 1.22 bits per heavy atom. The first kappa shape index (κ1) is 15.7. The number of carbonyl (C=O) groups excluding carboxylic acids is 1. The van der Waals surface area contributed by atoms with Crippen molar-refractivity contribution in [2.45, 2.75) is 17.9 Å². The molecule has 1 unspecified atom stereocenters. The van der Waals surface area contributed by atoms with Gasteiger partial charge in [0.2, 0.25) is 5.91 Å². The van der Waals surface area contributed by atoms with Gasteiger partial charge in [-0.25, -0.2) is 0 Å². The number of nitrogens with zero attached hydrogens (tertiary/aromatic N) is 1. The Bertz CT molecular complexity index is 679. The molecule has 0 fully saturated rings. The number of ether oxygens (including phenoxy) is 2. The van der Waals surface area contributed by atoms with Gasteiger partial charge >= 0.3 is 0 Å². The van der Waals surface area contributed by atoms with Gasteiger partial charge in [0.15, 0.2) is 11.5 Å². The molecule has 2 aromatic rings. The van der Waals surface area contributed by atoms with Crippen LogP contribution in [0.3, 0.4) is 0 Å². The molecular formula is C17H18N2O3S. The van der Waals surface area contributed by atoms with E-state index in [9.17, 15) is 4.79 Å². The van der Waals surface area contributed by atoms with E-state index in [0.29, 0.717) is 19.0 Å². The van der Waals surface area contributed by atoms with Crippen LogP contribution in [0.4, 0.5) is 0 Å². The second-order valence-corrected chi connectivity index (χ2v) is 6.21. The standard InChI is InChI=1S/C17H18N2O3S/c1-12(13-4-6-18-7-5-13)19-17(20)11-23-14-2-3-15-16(10-14)22-9-8-21-15/h2-7,10,12H,8-9,11H2,1H3,(H,19,20). The average Bonchev–Trinajstić information content (AvgIpc) is 2.60. The number of thioether (sulfide) groups is 1. The Morgan fingerprint density at radius 3 is 2.74 bits per heavy atom. The van der Waals surface area contributed by atoms with Gasteiger partial charge in [-0.05, 0) is 42.8 Å². The quantitative estimate of drug-likeness (QED) is 0.854. The minimum absolute atomic E-state index is 0.00537. The Balaban J connectivity index is 1.53. The Kier molecular flexibility index (Phi) is 5.02. The largest absolute Gasteiger partial charge is 0.486 e. The first-order valence-corrected chi connectivity index (χ1v) is 8.42. The topological polar surface area (TPSA) is 60.5 Å². The van der Waals surface area contributed by atoms with E-state index in [2.05, 4.69) is 10.3 Å². The van der Waals surface area contributed by atoms with E-state index in [1.165, 1.54) is 11.8 Å². The number of benzene rings is 1. The molecule has 1 aliphatic rings. The van der Waals surface area contributed by atoms with Crippen LogP contribution >= 0.6 is 11.8 Å². The smallest absolute Gasteiger partial charge is 0.230 e. The van der Waals surface area contributed by atoms with Gasteiger partial charge in [-0.2, -0.15) is 0 Å². The van der Waals surface area contributed by atoms with Crippen molar-refractivity contribution >= 4 is 17.7 Å². The monoisotopic (exact) mass is 330 g/mol. The maximum atomic E-state index is 12.1. The molecule has 3 rings (SSSR count). The molecule has 23 heavy (non-hydrogen) atoms. The molecule has 1 N–H and O–H groups in total. The third kappa shape index (κ3) is 4.16. The summed E-state index contributed by atoms with van der Waals surface area (Å²) >= 11 is 1.48. The van der Waals surface area contributed by atoms with E-state index in [4.69, 9.17) is 9.47 Å². The first-order valence-electron chi connectivity index (χ1n) is 7.44. The van der Waals surface area contributed by atoms with Gasteiger partial charge in [0, 0.05) is 17.3 Å². The molecule has 1 aromatic carbocycles. The molecule has 0 spiro atoms. The van der Waals surface area contributed by atoms with Crippen LogP contribution in [0.25, 0.3) is 0 Å². The van der Waals surface area contributed by atoms with Crippen molar-refractivity contribution < 1.29 is 14.3 Å². The Labute approximate surface area is 139 Å². The zero-order valence-corrected chi connectivity index (χ0v) is 13.6. The Morgan fingerprint density at radius 2 is 1.96 bits per heavy atom. The molecule has 6 heteroatoms. The van der Waals surface area contributed by atoms with Gasteiger partial charge in [-0.1, -0.05) is 0 Å². The predicted octanol–water partition coefficient (Wildman–Crippen LogP) is 2.82. The lowest BCUT2D eigenvalue weighted by atomic mass is 10.1. The summed E-state index contributed by atoms with van der Waals surface area (Å²) in [4.78, 5) is 17.1. The van der Waals surface area contributed by atoms with Crippen LogP contribution in [0.5, 0.6) is 11.5 Å². The third-order valence-electron chi connectivity index (χ3n) is 3.47. The average molecular weight is 330 g/mol. The molecular weight excluding hydrogens is 312 g/mol. The second kappa shape index (κ2) is 7.37. The number of amides is 1. The fraction of sp³-hybridized carbons (Fsp3) is 0.294. The van der Waals surface area contributed by atoms with Gasteiger partial charge in [0.05, 0.1) is 11.8 Å². The number of hydrogen-bond acceptors (Lipinski definition) is 5. The Hall–Kier alpha value is -2.21. The van der Waals surface area contributed by atoms with Crippen molar-refractivity contribution in [3.8, 4) is 11.5 Å². The second-order valence-electron chi connectivity index (χ2n) is 5.16. The zero-order chi connectivity index (χ0) is 16.1. The van der Waals surface area contributed by atoms with E-state index >= 15 is 0 Å². The van der Waals surface area contributed by atoms with Crippen molar-refractivity contribution in [1.82, 2.24) is 10.3 Å². The number of fused-ring (bicyclic) bond motifs is 1. The maximum absolute atomic E-state index is 12.1. The molecule has 1 amide bonds. The molecule has 0 saturated carbocycles. The van der Waals surface area contributed by atoms with Crippen LogP contribution in [0.15, 0.2) is 47.6 Å². The van der Waals surface area contributed by atoms with Crippen molar-refractivity contribution in [2.75, 3.05) is 19.0 Å². The maximum Gasteiger partial charge on any atom is 0.230 e. The third-order valence-corrected chi connectivity index (χ3v) is 4.46. The molecule has 1 atom stereocenters. The summed E-state index contributed by atoms with van der Waals surface area (Å²) in [6.45, 7) is 3.10. The summed E-state index contributed by atoms with van der Waals surface area (Å²) in [6.07, 6.45) is 3.45. The van der Waals surface area contributed by atoms with Gasteiger partial charge in [0.25, 0.3) is 0 Å². The highest BCUT2D eigenvalue weighted by molar-refractivity contribution is 8.00. The van der Waals surface area contributed by atoms with Gasteiger partial charge in [-0.15, -0.1) is 11.8 Å². The number of aromatic nitrogens is 1. The van der Waals surface area contributed by atoms with E-state index in [0.717, 1.165) is 22.0 Å². The van der Waals surface area contributed by atoms with Crippen molar-refractivity contribution in [3.05, 3.63) is 48.3 Å². The molecule has 1 aliphatic heterocycles. The van der Waals surface area contributed by atoms with Gasteiger partial charge < -0.3 is 14.8 Å². The first-order chi connectivity index (χ1) is 11.2. The summed E-state index contributed by atoms with van der Waals surface area (Å²) in [5, 5.41) is 2.99. The van der Waals surface area contributed by atoms with Crippen LogP contribution in [-0.4, -0.2) is 29.9 Å². The number of nitrogens with one attached hydrogen (secondary N) is 1. The lowest BCUT2D eigenvalue weighted by Crippen LogP contribution is -2.28. The molecule has 0 bridgehead atoms. The summed E-state index contributed by atoms with van der Waals surface area (Å²) in [5.74, 6) is 1.85. The molecule has 0 radical (unpaired) electrons. The normalized spacial score (nSPS) is 14.1. The van der Waals surface area contributed by atoms with E-state index in [1.807, 2.05) is 37.3 Å². The minimum atomic E-state index is -0.0358. The SMILES string of the molecule is CC(NC(=O)CSc1ccc2c(c1)OCCO2)c1ccncc1. The van der Waals surface area contributed by atoms with Crippen LogP contribution in [0.1, 0.15) is 18.5 Å². The predicted molar refractivity (Wildman–Crippen MR) is 89.0 cm³/mol. The van der Waals surface area contributed by atoms with Gasteiger partial charge in [0.1, 0.15) is 13.2 Å². The highest BCUT2D eigenvalue weighted by Gasteiger charge is 2.13. The van der Waals surface area contributed by atoms with E-state index in [-0.39, 0.29) is 11.9 Å². The van der Waals surface area contributed by atoms with Gasteiger partial charge in [-0.3, -0.25) is 9.78 Å². The summed E-state index contributed by atoms with van der Waals surface area (Å²) in [6, 6.07) is 9.51. The van der Waals surface area contributed by atoms with Crippen LogP contribution in [-0.2, 0) is 4.79 Å². The molecule has 120 valence electrons. The molecule has 2 heterocycles. The lowest BCUT2D eigenvalue weighted by Gasteiger charge is -2.18. The number of carbonyl (C=O) groups is 1. The molecule has 5 nitrogen and oxygen atoms in total. The highest BCUT2D eigenvalue weighted by Crippen LogP contribution is 2.34. The molecule has 0 aliphatic carbocycles. The summed E-state index contributed by atoms with van der Waals surface area (Å²) in [5.41, 5.74) is 1.04. The zero-order valence-electron chi connectivity index (χ0n) is 12.8. The number of pyridine rings is 1. The van der Waals surface area contributed by atoms with E-state index in [1.54, 1.807) is 12.4 Å². The minimum Gasteiger partial charge on any atom is -0.486 e. The lowest BCUT2D eigenvalue weighted by molar-refractivity contribution is -0.119. The highest BCUT2D eigenvalue weighted by atomic mass is 32.2. The summed E-state index contributed by atoms with van der Waals surface area (Å²) < 4.78 is 11.0. The van der Waals surface area contributed by atoms with Crippen molar-refractivity contribution in [3.63, 3.8) is 0 Å². The molecule has 0 saturated heterocycles. The molecule has 1 aromatic heterocycles. The van der Waals surface area contributed by atoms with Crippen LogP contribution in [0.2, 0.25) is 0 Å². The fourth-order valence-electron chi connectivity index (χ4n) is 2.28. The number of hydrogen-bond donors (Lipinski definition) is 1. The van der Waals surface area contributed by atoms with Crippen LogP contribution < -0.4 is 14.8 Å². The number of rotatable bonds is 5. The van der Waals surface area contributed by atoms with Crippen molar-refractivity contribution in [2.24, 2.45) is 0 Å². The fourth-order valence-corrected chi connectivity index (χ4v) is 3.02. The van der Waals surface area contributed by atoms with Crippen LogP contribution in [0, 0.1) is 0 Å². The van der Waals surface area contributed by atoms with Crippen molar-refractivity contribution in [1.29, 1.82) is 0 Å². The summed E-state index contributed by atoms with van der Waals surface area (Å²) in [7, 11) is 0.